The number of benzene rings is 1. The lowest BCUT2D eigenvalue weighted by Crippen LogP contribution is -2.33. The molecule has 0 fully saturated rings. The number of carbonyl (C=O) groups excluding carboxylic acids is 1. The Hall–Kier alpha value is -3.22. The highest BCUT2D eigenvalue weighted by atomic mass is 16.2. The summed E-state index contributed by atoms with van der Waals surface area (Å²) in [6.45, 7) is 7.38. The third-order valence-electron chi connectivity index (χ3n) is 4.07. The quantitative estimate of drug-likeness (QED) is 0.783. The number of nitrogens with one attached hydrogen (secondary N) is 1. The molecule has 2 aromatic heterocycles. The van der Waals surface area contributed by atoms with Gasteiger partial charge >= 0.3 is 0 Å². The van der Waals surface area contributed by atoms with Gasteiger partial charge in [-0.25, -0.2) is 9.36 Å². The van der Waals surface area contributed by atoms with E-state index >= 15 is 0 Å². The summed E-state index contributed by atoms with van der Waals surface area (Å²) in [5.41, 5.74) is 3.13. The number of carbonyl (C=O) groups is 1. The van der Waals surface area contributed by atoms with Crippen LogP contribution in [0.4, 0.5) is 5.69 Å². The second-order valence-electron chi connectivity index (χ2n) is 6.35. The molecule has 134 valence electrons. The van der Waals surface area contributed by atoms with Gasteiger partial charge in [0, 0.05) is 17.4 Å². The van der Waals surface area contributed by atoms with E-state index in [9.17, 15) is 9.59 Å². The first kappa shape index (κ1) is 17.6. The van der Waals surface area contributed by atoms with E-state index in [0.717, 1.165) is 17.0 Å². The van der Waals surface area contributed by atoms with Gasteiger partial charge in [-0.2, -0.15) is 5.10 Å². The maximum Gasteiger partial charge on any atom is 0.267 e. The number of hydrogen-bond donors (Lipinski definition) is 1. The molecule has 1 amide bonds. The molecular weight excluding hydrogens is 330 g/mol. The van der Waals surface area contributed by atoms with Crippen LogP contribution >= 0.6 is 0 Å². The first-order chi connectivity index (χ1) is 12.3. The van der Waals surface area contributed by atoms with E-state index in [1.807, 2.05) is 45.0 Å². The van der Waals surface area contributed by atoms with Crippen molar-refractivity contribution in [1.82, 2.24) is 19.6 Å². The predicted molar refractivity (Wildman–Crippen MR) is 99.6 cm³/mol. The molecule has 0 saturated heterocycles. The molecule has 1 atom stereocenters. The van der Waals surface area contributed by atoms with E-state index in [1.165, 1.54) is 10.7 Å². The van der Waals surface area contributed by atoms with Crippen LogP contribution in [0.15, 0.2) is 47.3 Å². The predicted octanol–water partition coefficient (Wildman–Crippen LogP) is 2.55. The summed E-state index contributed by atoms with van der Waals surface area (Å²) in [4.78, 5) is 24.8. The molecule has 1 N–H and O–H groups in total. The molecule has 1 unspecified atom stereocenters. The Balaban J connectivity index is 1.90. The lowest BCUT2D eigenvalue weighted by atomic mass is 10.2. The van der Waals surface area contributed by atoms with E-state index in [-0.39, 0.29) is 11.5 Å². The van der Waals surface area contributed by atoms with Crippen LogP contribution < -0.4 is 10.9 Å². The van der Waals surface area contributed by atoms with Crippen LogP contribution in [-0.4, -0.2) is 25.5 Å². The largest absolute Gasteiger partial charge is 0.324 e. The normalized spacial score (nSPS) is 12.0. The maximum atomic E-state index is 12.6. The standard InChI is InChI=1S/C19H21N5O2/c1-12-6-5-7-16(10-12)20-19(26)15(4)24-18(25)9-8-17(22-24)23-14(3)11-13(2)21-23/h5-11,15H,1-4H3,(H,20,26). The molecule has 0 bridgehead atoms. The van der Waals surface area contributed by atoms with Gasteiger partial charge in [-0.1, -0.05) is 12.1 Å². The fourth-order valence-electron chi connectivity index (χ4n) is 2.75. The second kappa shape index (κ2) is 6.95. The molecule has 0 aliphatic heterocycles. The van der Waals surface area contributed by atoms with Crippen molar-refractivity contribution in [1.29, 1.82) is 0 Å². The summed E-state index contributed by atoms with van der Waals surface area (Å²) in [7, 11) is 0. The molecule has 7 nitrogen and oxygen atoms in total. The van der Waals surface area contributed by atoms with Crippen molar-refractivity contribution in [3.05, 3.63) is 69.8 Å². The van der Waals surface area contributed by atoms with Crippen molar-refractivity contribution in [2.24, 2.45) is 0 Å². The minimum atomic E-state index is -0.764. The number of aryl methyl sites for hydroxylation is 3. The monoisotopic (exact) mass is 351 g/mol. The Morgan fingerprint density at radius 2 is 1.85 bits per heavy atom. The lowest BCUT2D eigenvalue weighted by Gasteiger charge is -2.15. The van der Waals surface area contributed by atoms with Crippen LogP contribution in [0, 0.1) is 20.8 Å². The first-order valence-corrected chi connectivity index (χ1v) is 8.36. The zero-order valence-corrected chi connectivity index (χ0v) is 15.2. The van der Waals surface area contributed by atoms with Gasteiger partial charge in [-0.05, 0) is 57.5 Å². The average molecular weight is 351 g/mol. The Labute approximate surface area is 151 Å². The van der Waals surface area contributed by atoms with Gasteiger partial charge in [0.15, 0.2) is 5.82 Å². The highest BCUT2D eigenvalue weighted by Gasteiger charge is 2.19. The second-order valence-corrected chi connectivity index (χ2v) is 6.35. The van der Waals surface area contributed by atoms with Crippen molar-refractivity contribution in [3.8, 4) is 5.82 Å². The summed E-state index contributed by atoms with van der Waals surface area (Å²) in [6.07, 6.45) is 0. The van der Waals surface area contributed by atoms with Crippen LogP contribution in [0.3, 0.4) is 0 Å². The van der Waals surface area contributed by atoms with Gasteiger partial charge in [0.1, 0.15) is 6.04 Å². The fourth-order valence-corrected chi connectivity index (χ4v) is 2.75. The van der Waals surface area contributed by atoms with Crippen molar-refractivity contribution in [3.63, 3.8) is 0 Å². The topological polar surface area (TPSA) is 81.8 Å². The molecule has 3 aromatic rings. The smallest absolute Gasteiger partial charge is 0.267 e. The third-order valence-corrected chi connectivity index (χ3v) is 4.07. The van der Waals surface area contributed by atoms with Crippen molar-refractivity contribution < 1.29 is 4.79 Å². The number of nitrogens with zero attached hydrogens (tertiary/aromatic N) is 4. The van der Waals surface area contributed by atoms with E-state index in [1.54, 1.807) is 23.7 Å². The minimum absolute atomic E-state index is 0.310. The van der Waals surface area contributed by atoms with Crippen LogP contribution in [0.1, 0.15) is 29.9 Å². The number of amides is 1. The Morgan fingerprint density at radius 3 is 2.50 bits per heavy atom. The molecule has 0 radical (unpaired) electrons. The molecule has 0 saturated carbocycles. The molecule has 0 aliphatic carbocycles. The van der Waals surface area contributed by atoms with Gasteiger partial charge in [0.2, 0.25) is 5.91 Å². The van der Waals surface area contributed by atoms with Gasteiger partial charge in [-0.15, -0.1) is 5.10 Å². The summed E-state index contributed by atoms with van der Waals surface area (Å²) < 4.78 is 2.83. The van der Waals surface area contributed by atoms with Crippen LogP contribution in [0.5, 0.6) is 0 Å². The van der Waals surface area contributed by atoms with E-state index in [2.05, 4.69) is 15.5 Å². The van der Waals surface area contributed by atoms with E-state index in [4.69, 9.17) is 0 Å². The number of hydrogen-bond acceptors (Lipinski definition) is 4. The molecule has 2 heterocycles. The zero-order chi connectivity index (χ0) is 18.8. The van der Waals surface area contributed by atoms with Crippen molar-refractivity contribution >= 4 is 11.6 Å². The first-order valence-electron chi connectivity index (χ1n) is 8.36. The minimum Gasteiger partial charge on any atom is -0.324 e. The van der Waals surface area contributed by atoms with Crippen molar-refractivity contribution in [2.45, 2.75) is 33.7 Å². The SMILES string of the molecule is Cc1cccc(NC(=O)C(C)n2nc(-n3nc(C)cc3C)ccc2=O)c1. The van der Waals surface area contributed by atoms with Crippen LogP contribution in [0.2, 0.25) is 0 Å². The highest BCUT2D eigenvalue weighted by molar-refractivity contribution is 5.93. The van der Waals surface area contributed by atoms with Gasteiger partial charge in [0.05, 0.1) is 5.69 Å². The molecular formula is C19H21N5O2. The van der Waals surface area contributed by atoms with Gasteiger partial charge in [0.25, 0.3) is 5.56 Å². The Bertz CT molecular complexity index is 1020. The molecule has 26 heavy (non-hydrogen) atoms. The van der Waals surface area contributed by atoms with E-state index in [0.29, 0.717) is 11.5 Å². The van der Waals surface area contributed by atoms with E-state index < -0.39 is 6.04 Å². The molecule has 0 aliphatic rings. The summed E-state index contributed by atoms with van der Waals surface area (Å²) in [5.74, 6) is 0.182. The summed E-state index contributed by atoms with van der Waals surface area (Å²) in [6, 6.07) is 11.6. The Morgan fingerprint density at radius 1 is 1.08 bits per heavy atom. The van der Waals surface area contributed by atoms with Gasteiger partial charge in [-0.3, -0.25) is 9.59 Å². The summed E-state index contributed by atoms with van der Waals surface area (Å²) >= 11 is 0. The average Bonchev–Trinajstić information content (AvgIpc) is 2.93. The number of anilines is 1. The van der Waals surface area contributed by atoms with Crippen molar-refractivity contribution in [2.75, 3.05) is 5.32 Å². The summed E-state index contributed by atoms with van der Waals surface area (Å²) in [5, 5.41) is 11.5. The number of aromatic nitrogens is 4. The van der Waals surface area contributed by atoms with Gasteiger partial charge < -0.3 is 5.32 Å². The molecule has 0 spiro atoms. The maximum absolute atomic E-state index is 12.6. The lowest BCUT2D eigenvalue weighted by molar-refractivity contribution is -0.119. The third kappa shape index (κ3) is 3.56. The number of rotatable bonds is 4. The zero-order valence-electron chi connectivity index (χ0n) is 15.2. The highest BCUT2D eigenvalue weighted by Crippen LogP contribution is 2.13. The Kier molecular flexibility index (Phi) is 4.71. The molecule has 7 heteroatoms. The van der Waals surface area contributed by atoms with Crippen LogP contribution in [-0.2, 0) is 4.79 Å². The molecule has 3 rings (SSSR count). The van der Waals surface area contributed by atoms with Crippen LogP contribution in [0.25, 0.3) is 5.82 Å². The fraction of sp³-hybridized carbons (Fsp3) is 0.263. The molecule has 1 aromatic carbocycles.